The monoisotopic (exact) mass is 289 g/mol. The molecule has 6 heteroatoms. The minimum absolute atomic E-state index is 0.0421. The van der Waals surface area contributed by atoms with Gasteiger partial charge in [0.15, 0.2) is 0 Å². The maximum atomic E-state index is 12.2. The number of likely N-dealkylation sites (tertiary alicyclic amines) is 1. The lowest BCUT2D eigenvalue weighted by atomic mass is 9.94. The van der Waals surface area contributed by atoms with Crippen LogP contribution in [-0.2, 0) is 0 Å². The summed E-state index contributed by atoms with van der Waals surface area (Å²) in [6, 6.07) is 0. The Labute approximate surface area is 95.6 Å². The van der Waals surface area contributed by atoms with E-state index in [0.717, 1.165) is 0 Å². The van der Waals surface area contributed by atoms with Crippen LogP contribution in [0.15, 0.2) is 0 Å². The third-order valence-corrected chi connectivity index (χ3v) is 3.52. The Kier molecular flexibility index (Phi) is 4.06. The SMILES string of the molecule is CC1(O)CCN(CC(Br)C(F)(F)F)CC1. The summed E-state index contributed by atoms with van der Waals surface area (Å²) in [7, 11) is 0. The summed E-state index contributed by atoms with van der Waals surface area (Å²) >= 11 is 2.63. The highest BCUT2D eigenvalue weighted by Crippen LogP contribution is 2.29. The molecule has 0 radical (unpaired) electrons. The Morgan fingerprint density at radius 1 is 1.40 bits per heavy atom. The average molecular weight is 290 g/mol. The van der Waals surface area contributed by atoms with Crippen LogP contribution in [0.25, 0.3) is 0 Å². The third kappa shape index (κ3) is 4.28. The first-order chi connectivity index (χ1) is 6.71. The number of alkyl halides is 4. The van der Waals surface area contributed by atoms with Gasteiger partial charge in [0.1, 0.15) is 4.83 Å². The molecular weight excluding hydrogens is 275 g/mol. The molecule has 1 saturated heterocycles. The van der Waals surface area contributed by atoms with Crippen molar-refractivity contribution in [2.75, 3.05) is 19.6 Å². The van der Waals surface area contributed by atoms with Crippen LogP contribution >= 0.6 is 15.9 Å². The van der Waals surface area contributed by atoms with Crippen molar-refractivity contribution in [3.63, 3.8) is 0 Å². The fourth-order valence-corrected chi connectivity index (χ4v) is 1.96. The molecule has 90 valence electrons. The predicted molar refractivity (Wildman–Crippen MR) is 55.1 cm³/mol. The fraction of sp³-hybridized carbons (Fsp3) is 1.00. The lowest BCUT2D eigenvalue weighted by molar-refractivity contribution is -0.132. The highest BCUT2D eigenvalue weighted by atomic mass is 79.9. The van der Waals surface area contributed by atoms with Gasteiger partial charge in [-0.15, -0.1) is 0 Å². The smallest absolute Gasteiger partial charge is 0.390 e. The number of piperidine rings is 1. The van der Waals surface area contributed by atoms with Crippen LogP contribution < -0.4 is 0 Å². The van der Waals surface area contributed by atoms with E-state index in [9.17, 15) is 18.3 Å². The van der Waals surface area contributed by atoms with Crippen LogP contribution in [0.3, 0.4) is 0 Å². The second kappa shape index (κ2) is 4.59. The highest BCUT2D eigenvalue weighted by Gasteiger charge is 2.39. The van der Waals surface area contributed by atoms with Crippen molar-refractivity contribution in [3.05, 3.63) is 0 Å². The maximum absolute atomic E-state index is 12.2. The lowest BCUT2D eigenvalue weighted by Crippen LogP contribution is -2.46. The van der Waals surface area contributed by atoms with Gasteiger partial charge in [0.2, 0.25) is 0 Å². The third-order valence-electron chi connectivity index (χ3n) is 2.71. The fourth-order valence-electron chi connectivity index (χ4n) is 1.55. The number of hydrogen-bond donors (Lipinski definition) is 1. The normalized spacial score (nSPS) is 25.2. The van der Waals surface area contributed by atoms with Crippen molar-refractivity contribution < 1.29 is 18.3 Å². The molecule has 1 rings (SSSR count). The van der Waals surface area contributed by atoms with Crippen LogP contribution in [0, 0.1) is 0 Å². The van der Waals surface area contributed by atoms with Crippen LogP contribution in [0.5, 0.6) is 0 Å². The van der Waals surface area contributed by atoms with E-state index < -0.39 is 16.6 Å². The molecule has 0 aliphatic carbocycles. The molecule has 0 aromatic heterocycles. The number of aliphatic hydroxyl groups is 1. The molecule has 15 heavy (non-hydrogen) atoms. The number of rotatable bonds is 2. The molecule has 0 amide bonds. The van der Waals surface area contributed by atoms with E-state index in [2.05, 4.69) is 15.9 Å². The van der Waals surface area contributed by atoms with Gasteiger partial charge in [0, 0.05) is 19.6 Å². The van der Waals surface area contributed by atoms with Crippen molar-refractivity contribution in [1.82, 2.24) is 4.90 Å². The van der Waals surface area contributed by atoms with Crippen LogP contribution in [0.1, 0.15) is 19.8 Å². The van der Waals surface area contributed by atoms with E-state index in [1.807, 2.05) is 0 Å². The van der Waals surface area contributed by atoms with Crippen LogP contribution in [0.4, 0.5) is 13.2 Å². The molecule has 0 aromatic rings. The van der Waals surface area contributed by atoms with Crippen LogP contribution in [0.2, 0.25) is 0 Å². The van der Waals surface area contributed by atoms with Crippen LogP contribution in [-0.4, -0.2) is 46.2 Å². The molecule has 2 nitrogen and oxygen atoms in total. The number of nitrogens with zero attached hydrogens (tertiary/aromatic N) is 1. The highest BCUT2D eigenvalue weighted by molar-refractivity contribution is 9.09. The molecule has 1 N–H and O–H groups in total. The summed E-state index contributed by atoms with van der Waals surface area (Å²) in [4.78, 5) is 0.248. The molecule has 1 atom stereocenters. The average Bonchev–Trinajstić information content (AvgIpc) is 2.07. The first-order valence-electron chi connectivity index (χ1n) is 4.86. The standard InChI is InChI=1S/C9H15BrF3NO/c1-8(15)2-4-14(5-3-8)6-7(10)9(11,12)13/h7,15H,2-6H2,1H3. The van der Waals surface area contributed by atoms with Gasteiger partial charge < -0.3 is 10.0 Å². The summed E-state index contributed by atoms with van der Waals surface area (Å²) in [6.07, 6.45) is -3.13. The van der Waals surface area contributed by atoms with Gasteiger partial charge in [0.05, 0.1) is 5.60 Å². The molecule has 1 aliphatic rings. The first kappa shape index (κ1) is 13.3. The predicted octanol–water partition coefficient (Wildman–Crippen LogP) is 2.16. The summed E-state index contributed by atoms with van der Waals surface area (Å²) in [5, 5.41) is 9.63. The van der Waals surface area contributed by atoms with Gasteiger partial charge in [-0.2, -0.15) is 13.2 Å². The van der Waals surface area contributed by atoms with E-state index in [1.165, 1.54) is 0 Å². The first-order valence-corrected chi connectivity index (χ1v) is 5.78. The van der Waals surface area contributed by atoms with E-state index in [1.54, 1.807) is 11.8 Å². The Hall–Kier alpha value is 0.190. The summed E-state index contributed by atoms with van der Waals surface area (Å²) < 4.78 is 36.7. The second-order valence-electron chi connectivity index (χ2n) is 4.31. The van der Waals surface area contributed by atoms with Gasteiger partial charge in [-0.1, -0.05) is 15.9 Å². The Morgan fingerprint density at radius 2 is 1.87 bits per heavy atom. The summed E-state index contributed by atoms with van der Waals surface area (Å²) in [5.41, 5.74) is -0.712. The molecular formula is C9H15BrF3NO. The Balaban J connectivity index is 2.36. The zero-order chi connectivity index (χ0) is 11.7. The Morgan fingerprint density at radius 3 is 2.27 bits per heavy atom. The number of halogens is 4. The second-order valence-corrected chi connectivity index (χ2v) is 5.41. The molecule has 1 unspecified atom stereocenters. The topological polar surface area (TPSA) is 23.5 Å². The van der Waals surface area contributed by atoms with Crippen molar-refractivity contribution >= 4 is 15.9 Å². The van der Waals surface area contributed by atoms with Gasteiger partial charge in [-0.25, -0.2) is 0 Å². The quantitative estimate of drug-likeness (QED) is 0.788. The zero-order valence-electron chi connectivity index (χ0n) is 8.52. The van der Waals surface area contributed by atoms with E-state index in [4.69, 9.17) is 0 Å². The summed E-state index contributed by atoms with van der Waals surface area (Å²) in [6.45, 7) is 2.72. The van der Waals surface area contributed by atoms with Crippen molar-refractivity contribution in [1.29, 1.82) is 0 Å². The van der Waals surface area contributed by atoms with Gasteiger partial charge >= 0.3 is 6.18 Å². The zero-order valence-corrected chi connectivity index (χ0v) is 10.1. The minimum atomic E-state index is -4.19. The van der Waals surface area contributed by atoms with Crippen molar-refractivity contribution in [2.24, 2.45) is 0 Å². The minimum Gasteiger partial charge on any atom is -0.390 e. The molecule has 1 aliphatic heterocycles. The molecule has 0 saturated carbocycles. The van der Waals surface area contributed by atoms with Gasteiger partial charge in [-0.05, 0) is 19.8 Å². The van der Waals surface area contributed by atoms with E-state index in [0.29, 0.717) is 25.9 Å². The molecule has 0 bridgehead atoms. The van der Waals surface area contributed by atoms with Crippen molar-refractivity contribution in [3.8, 4) is 0 Å². The van der Waals surface area contributed by atoms with Crippen molar-refractivity contribution in [2.45, 2.75) is 36.4 Å². The molecule has 0 aromatic carbocycles. The maximum Gasteiger partial charge on any atom is 0.402 e. The molecule has 0 spiro atoms. The Bertz CT molecular complexity index is 210. The molecule has 1 heterocycles. The van der Waals surface area contributed by atoms with E-state index >= 15 is 0 Å². The number of hydrogen-bond acceptors (Lipinski definition) is 2. The van der Waals surface area contributed by atoms with Gasteiger partial charge in [0.25, 0.3) is 0 Å². The lowest BCUT2D eigenvalue weighted by Gasteiger charge is -2.36. The summed E-state index contributed by atoms with van der Waals surface area (Å²) in [5.74, 6) is 0. The van der Waals surface area contributed by atoms with Gasteiger partial charge in [-0.3, -0.25) is 0 Å². The largest absolute Gasteiger partial charge is 0.402 e. The van der Waals surface area contributed by atoms with E-state index in [-0.39, 0.29) is 6.54 Å². The molecule has 1 fully saturated rings.